The maximum absolute atomic E-state index is 12.5. The minimum Gasteiger partial charge on any atom is -0.339 e. The molecule has 0 atom stereocenters. The van der Waals surface area contributed by atoms with Crippen LogP contribution in [0.4, 0.5) is 0 Å². The molecule has 0 saturated carbocycles. The van der Waals surface area contributed by atoms with Crippen molar-refractivity contribution < 1.29 is 9.59 Å². The van der Waals surface area contributed by atoms with Gasteiger partial charge in [-0.05, 0) is 49.9 Å². The maximum Gasteiger partial charge on any atom is 0.253 e. The van der Waals surface area contributed by atoms with Crippen LogP contribution in [0.2, 0.25) is 0 Å². The molecule has 1 aliphatic heterocycles. The summed E-state index contributed by atoms with van der Waals surface area (Å²) < 4.78 is 0. The van der Waals surface area contributed by atoms with Gasteiger partial charge in [-0.15, -0.1) is 0 Å². The zero-order chi connectivity index (χ0) is 15.9. The summed E-state index contributed by atoms with van der Waals surface area (Å²) in [6.07, 6.45) is 4.09. The van der Waals surface area contributed by atoms with Gasteiger partial charge in [0.15, 0.2) is 0 Å². The number of nitrogens with zero attached hydrogens (tertiary/aromatic N) is 2. The maximum atomic E-state index is 12.5. The van der Waals surface area contributed by atoms with Gasteiger partial charge >= 0.3 is 0 Å². The van der Waals surface area contributed by atoms with E-state index in [1.807, 2.05) is 9.80 Å². The number of rotatable bonds is 6. The lowest BCUT2D eigenvalue weighted by Gasteiger charge is -2.21. The monoisotopic (exact) mass is 302 g/mol. The standard InChI is InChI=1S/C18H26N2O2/c1-3-11-19(12-4-2)17(21)15-7-9-16(10-8-15)18(22)20-13-5-6-14-20/h7-10H,3-6,11-14H2,1-2H3. The Hall–Kier alpha value is -1.84. The molecule has 0 aliphatic carbocycles. The first-order chi connectivity index (χ1) is 10.7. The van der Waals surface area contributed by atoms with E-state index in [-0.39, 0.29) is 11.8 Å². The Balaban J connectivity index is 2.06. The van der Waals surface area contributed by atoms with Gasteiger partial charge in [-0.25, -0.2) is 0 Å². The summed E-state index contributed by atoms with van der Waals surface area (Å²) in [6, 6.07) is 7.13. The molecule has 4 nitrogen and oxygen atoms in total. The molecule has 1 aliphatic rings. The minimum atomic E-state index is 0.0591. The average Bonchev–Trinajstić information content (AvgIpc) is 3.08. The molecule has 0 radical (unpaired) electrons. The molecule has 1 fully saturated rings. The molecule has 22 heavy (non-hydrogen) atoms. The topological polar surface area (TPSA) is 40.6 Å². The van der Waals surface area contributed by atoms with Gasteiger partial charge < -0.3 is 9.80 Å². The smallest absolute Gasteiger partial charge is 0.253 e. The number of likely N-dealkylation sites (tertiary alicyclic amines) is 1. The van der Waals surface area contributed by atoms with E-state index < -0.39 is 0 Å². The number of hydrogen-bond acceptors (Lipinski definition) is 2. The lowest BCUT2D eigenvalue weighted by molar-refractivity contribution is 0.0752. The molecule has 2 rings (SSSR count). The van der Waals surface area contributed by atoms with Gasteiger partial charge in [0.1, 0.15) is 0 Å². The molecule has 1 heterocycles. The summed E-state index contributed by atoms with van der Waals surface area (Å²) in [5.74, 6) is 0.138. The summed E-state index contributed by atoms with van der Waals surface area (Å²) in [4.78, 5) is 28.6. The van der Waals surface area contributed by atoms with Crippen LogP contribution in [-0.4, -0.2) is 47.8 Å². The Morgan fingerprint density at radius 3 is 1.95 bits per heavy atom. The van der Waals surface area contributed by atoms with Gasteiger partial charge in [-0.3, -0.25) is 9.59 Å². The van der Waals surface area contributed by atoms with Crippen molar-refractivity contribution in [3.8, 4) is 0 Å². The van der Waals surface area contributed by atoms with Crippen molar-refractivity contribution in [3.63, 3.8) is 0 Å². The quantitative estimate of drug-likeness (QED) is 0.809. The molecule has 0 bridgehead atoms. The average molecular weight is 302 g/mol. The first-order valence-corrected chi connectivity index (χ1v) is 8.36. The van der Waals surface area contributed by atoms with Gasteiger partial charge in [-0.2, -0.15) is 0 Å². The second-order valence-corrected chi connectivity index (χ2v) is 5.87. The van der Waals surface area contributed by atoms with Gasteiger partial charge in [0.05, 0.1) is 0 Å². The molecular formula is C18H26N2O2. The van der Waals surface area contributed by atoms with E-state index in [0.717, 1.165) is 51.9 Å². The lowest BCUT2D eigenvalue weighted by atomic mass is 10.1. The molecule has 0 spiro atoms. The third-order valence-electron chi connectivity index (χ3n) is 4.05. The van der Waals surface area contributed by atoms with Gasteiger partial charge in [0.25, 0.3) is 11.8 Å². The number of carbonyl (C=O) groups is 2. The van der Waals surface area contributed by atoms with Crippen LogP contribution in [0.5, 0.6) is 0 Å². The zero-order valence-electron chi connectivity index (χ0n) is 13.7. The summed E-state index contributed by atoms with van der Waals surface area (Å²) in [5, 5.41) is 0. The molecule has 1 aromatic rings. The fraction of sp³-hybridized carbons (Fsp3) is 0.556. The minimum absolute atomic E-state index is 0.0591. The van der Waals surface area contributed by atoms with E-state index in [1.165, 1.54) is 0 Å². The van der Waals surface area contributed by atoms with E-state index in [1.54, 1.807) is 24.3 Å². The van der Waals surface area contributed by atoms with Crippen molar-refractivity contribution in [3.05, 3.63) is 35.4 Å². The van der Waals surface area contributed by atoms with Gasteiger partial charge in [0.2, 0.25) is 0 Å². The second kappa shape index (κ2) is 7.97. The number of hydrogen-bond donors (Lipinski definition) is 0. The first kappa shape index (κ1) is 16.5. The predicted octanol–water partition coefficient (Wildman–Crippen LogP) is 3.18. The number of benzene rings is 1. The van der Waals surface area contributed by atoms with Crippen molar-refractivity contribution in [1.29, 1.82) is 0 Å². The molecule has 0 unspecified atom stereocenters. The highest BCUT2D eigenvalue weighted by Gasteiger charge is 2.20. The van der Waals surface area contributed by atoms with Gasteiger partial charge in [0, 0.05) is 37.3 Å². The third kappa shape index (κ3) is 3.87. The number of carbonyl (C=O) groups excluding carboxylic acids is 2. The van der Waals surface area contributed by atoms with Crippen molar-refractivity contribution in [2.24, 2.45) is 0 Å². The molecule has 0 aromatic heterocycles. The first-order valence-electron chi connectivity index (χ1n) is 8.36. The van der Waals surface area contributed by atoms with Crippen molar-refractivity contribution in [2.45, 2.75) is 39.5 Å². The Bertz CT molecular complexity index is 498. The molecule has 1 saturated heterocycles. The van der Waals surface area contributed by atoms with Crippen LogP contribution in [0.3, 0.4) is 0 Å². The highest BCUT2D eigenvalue weighted by molar-refractivity contribution is 5.97. The highest BCUT2D eigenvalue weighted by Crippen LogP contribution is 2.14. The number of amides is 2. The predicted molar refractivity (Wildman–Crippen MR) is 88.1 cm³/mol. The van der Waals surface area contributed by atoms with Crippen LogP contribution >= 0.6 is 0 Å². The Morgan fingerprint density at radius 1 is 0.955 bits per heavy atom. The van der Waals surface area contributed by atoms with Crippen LogP contribution in [0.15, 0.2) is 24.3 Å². The lowest BCUT2D eigenvalue weighted by Crippen LogP contribution is -2.32. The largest absolute Gasteiger partial charge is 0.339 e. The van der Waals surface area contributed by atoms with Crippen LogP contribution < -0.4 is 0 Å². The van der Waals surface area contributed by atoms with Crippen LogP contribution in [0, 0.1) is 0 Å². The summed E-state index contributed by atoms with van der Waals surface area (Å²) in [7, 11) is 0. The molecule has 1 aromatic carbocycles. The zero-order valence-corrected chi connectivity index (χ0v) is 13.7. The summed E-state index contributed by atoms with van der Waals surface area (Å²) >= 11 is 0. The van der Waals surface area contributed by atoms with E-state index in [9.17, 15) is 9.59 Å². The molecule has 120 valence electrons. The van der Waals surface area contributed by atoms with Crippen molar-refractivity contribution in [2.75, 3.05) is 26.2 Å². The molecule has 2 amide bonds. The Morgan fingerprint density at radius 2 is 1.45 bits per heavy atom. The fourth-order valence-electron chi connectivity index (χ4n) is 2.90. The van der Waals surface area contributed by atoms with Crippen LogP contribution in [0.25, 0.3) is 0 Å². The normalized spacial score (nSPS) is 14.2. The molecule has 4 heteroatoms. The Kier molecular flexibility index (Phi) is 5.99. The summed E-state index contributed by atoms with van der Waals surface area (Å²) in [6.45, 7) is 7.41. The van der Waals surface area contributed by atoms with Crippen LogP contribution in [-0.2, 0) is 0 Å². The molecule has 0 N–H and O–H groups in total. The van der Waals surface area contributed by atoms with E-state index >= 15 is 0 Å². The SMILES string of the molecule is CCCN(CCC)C(=O)c1ccc(C(=O)N2CCCC2)cc1. The fourth-order valence-corrected chi connectivity index (χ4v) is 2.90. The van der Waals surface area contributed by atoms with Crippen molar-refractivity contribution >= 4 is 11.8 Å². The van der Waals surface area contributed by atoms with E-state index in [2.05, 4.69) is 13.8 Å². The molecular weight excluding hydrogens is 276 g/mol. The van der Waals surface area contributed by atoms with E-state index in [4.69, 9.17) is 0 Å². The Labute approximate surface area is 133 Å². The third-order valence-corrected chi connectivity index (χ3v) is 4.05. The van der Waals surface area contributed by atoms with Crippen LogP contribution in [0.1, 0.15) is 60.2 Å². The van der Waals surface area contributed by atoms with E-state index in [0.29, 0.717) is 11.1 Å². The highest BCUT2D eigenvalue weighted by atomic mass is 16.2. The van der Waals surface area contributed by atoms with Gasteiger partial charge in [-0.1, -0.05) is 13.8 Å². The van der Waals surface area contributed by atoms with Crippen molar-refractivity contribution in [1.82, 2.24) is 9.80 Å². The second-order valence-electron chi connectivity index (χ2n) is 5.87. The summed E-state index contributed by atoms with van der Waals surface area (Å²) in [5.41, 5.74) is 1.34.